The molecular formula is C18H33NO2. The van der Waals surface area contributed by atoms with Gasteiger partial charge in [-0.15, -0.1) is 0 Å². The van der Waals surface area contributed by atoms with Crippen LogP contribution in [0, 0.1) is 17.8 Å². The Kier molecular flexibility index (Phi) is 5.70. The number of rotatable bonds is 4. The molecule has 0 saturated carbocycles. The molecule has 122 valence electrons. The average Bonchev–Trinajstić information content (AvgIpc) is 2.44. The van der Waals surface area contributed by atoms with Gasteiger partial charge in [-0.05, 0) is 63.7 Å². The Labute approximate surface area is 130 Å². The third-order valence-corrected chi connectivity index (χ3v) is 5.32. The topological polar surface area (TPSA) is 29.5 Å². The third-order valence-electron chi connectivity index (χ3n) is 5.32. The van der Waals surface area contributed by atoms with Crippen molar-refractivity contribution < 1.29 is 9.53 Å². The largest absolute Gasteiger partial charge is 0.376 e. The number of ether oxygens (including phenoxy) is 1. The number of hydrogen-bond donors (Lipinski definition) is 0. The van der Waals surface area contributed by atoms with Gasteiger partial charge in [0.25, 0.3) is 0 Å². The zero-order valence-corrected chi connectivity index (χ0v) is 14.4. The summed E-state index contributed by atoms with van der Waals surface area (Å²) in [6.45, 7) is 11.7. The van der Waals surface area contributed by atoms with Gasteiger partial charge in [0.2, 0.25) is 5.91 Å². The Morgan fingerprint density at radius 1 is 1.24 bits per heavy atom. The third kappa shape index (κ3) is 4.70. The highest BCUT2D eigenvalue weighted by molar-refractivity contribution is 5.76. The highest BCUT2D eigenvalue weighted by Gasteiger charge is 2.36. The molecule has 0 aliphatic carbocycles. The van der Waals surface area contributed by atoms with Crippen molar-refractivity contribution in [3.63, 3.8) is 0 Å². The number of likely N-dealkylation sites (tertiary alicyclic amines) is 1. The SMILES string of the molecule is CC(C)[C@H](CC(=O)N1CCCCC1)[C@H]1CCOC(C)(C)C1. The van der Waals surface area contributed by atoms with E-state index in [4.69, 9.17) is 4.74 Å². The Morgan fingerprint density at radius 2 is 1.90 bits per heavy atom. The maximum Gasteiger partial charge on any atom is 0.222 e. The van der Waals surface area contributed by atoms with E-state index in [1.165, 1.54) is 19.3 Å². The Hall–Kier alpha value is -0.570. The van der Waals surface area contributed by atoms with Crippen molar-refractivity contribution in [2.24, 2.45) is 17.8 Å². The second-order valence-corrected chi connectivity index (χ2v) is 7.91. The molecule has 2 aliphatic rings. The first-order chi connectivity index (χ1) is 9.89. The molecule has 0 bridgehead atoms. The summed E-state index contributed by atoms with van der Waals surface area (Å²) in [5, 5.41) is 0. The highest BCUT2D eigenvalue weighted by atomic mass is 16.5. The maximum absolute atomic E-state index is 12.6. The predicted octanol–water partition coefficient (Wildman–Crippen LogP) is 3.87. The van der Waals surface area contributed by atoms with E-state index in [1.807, 2.05) is 0 Å². The monoisotopic (exact) mass is 295 g/mol. The van der Waals surface area contributed by atoms with Crippen molar-refractivity contribution in [1.29, 1.82) is 0 Å². The van der Waals surface area contributed by atoms with Gasteiger partial charge in [0.1, 0.15) is 0 Å². The Bertz CT molecular complexity index is 345. The lowest BCUT2D eigenvalue weighted by atomic mass is 9.73. The van der Waals surface area contributed by atoms with Gasteiger partial charge in [0.15, 0.2) is 0 Å². The van der Waals surface area contributed by atoms with E-state index in [-0.39, 0.29) is 5.60 Å². The van der Waals surface area contributed by atoms with Crippen LogP contribution in [0.25, 0.3) is 0 Å². The van der Waals surface area contributed by atoms with Gasteiger partial charge in [0, 0.05) is 26.1 Å². The van der Waals surface area contributed by atoms with Gasteiger partial charge in [-0.2, -0.15) is 0 Å². The number of carbonyl (C=O) groups is 1. The van der Waals surface area contributed by atoms with Crippen LogP contribution in [-0.2, 0) is 9.53 Å². The zero-order valence-electron chi connectivity index (χ0n) is 14.4. The van der Waals surface area contributed by atoms with Gasteiger partial charge in [-0.3, -0.25) is 4.79 Å². The van der Waals surface area contributed by atoms with Crippen molar-refractivity contribution in [2.45, 2.75) is 71.8 Å². The predicted molar refractivity (Wildman–Crippen MR) is 86.1 cm³/mol. The summed E-state index contributed by atoms with van der Waals surface area (Å²) in [4.78, 5) is 14.7. The second-order valence-electron chi connectivity index (χ2n) is 7.91. The first-order valence-corrected chi connectivity index (χ1v) is 8.81. The standard InChI is InChI=1S/C18H33NO2/c1-14(2)16(15-8-11-21-18(3,4)13-15)12-17(20)19-9-6-5-7-10-19/h14-16H,5-13H2,1-4H3/t15-,16-/m0/s1. The smallest absolute Gasteiger partial charge is 0.222 e. The quantitative estimate of drug-likeness (QED) is 0.788. The average molecular weight is 295 g/mol. The van der Waals surface area contributed by atoms with Gasteiger partial charge < -0.3 is 9.64 Å². The van der Waals surface area contributed by atoms with E-state index in [1.54, 1.807) is 0 Å². The molecule has 1 amide bonds. The van der Waals surface area contributed by atoms with Crippen molar-refractivity contribution in [3.8, 4) is 0 Å². The molecule has 0 aromatic heterocycles. The van der Waals surface area contributed by atoms with Crippen LogP contribution in [0.5, 0.6) is 0 Å². The molecule has 0 aromatic rings. The lowest BCUT2D eigenvalue weighted by molar-refractivity contribution is -0.136. The molecule has 2 rings (SSSR count). The number of nitrogens with zero attached hydrogens (tertiary/aromatic N) is 1. The number of hydrogen-bond acceptors (Lipinski definition) is 2. The lowest BCUT2D eigenvalue weighted by Crippen LogP contribution is -2.41. The van der Waals surface area contributed by atoms with Crippen LogP contribution in [0.4, 0.5) is 0 Å². The van der Waals surface area contributed by atoms with Crippen molar-refractivity contribution in [3.05, 3.63) is 0 Å². The summed E-state index contributed by atoms with van der Waals surface area (Å²) in [6.07, 6.45) is 6.58. The molecule has 2 atom stereocenters. The molecule has 21 heavy (non-hydrogen) atoms. The minimum absolute atomic E-state index is 0.0236. The minimum atomic E-state index is -0.0236. The fraction of sp³-hybridized carbons (Fsp3) is 0.944. The molecule has 0 unspecified atom stereocenters. The molecule has 2 saturated heterocycles. The molecule has 0 radical (unpaired) electrons. The second kappa shape index (κ2) is 7.13. The minimum Gasteiger partial charge on any atom is -0.376 e. The summed E-state index contributed by atoms with van der Waals surface area (Å²) in [6, 6.07) is 0. The van der Waals surface area contributed by atoms with Crippen LogP contribution in [0.2, 0.25) is 0 Å². The van der Waals surface area contributed by atoms with Gasteiger partial charge >= 0.3 is 0 Å². The summed E-state index contributed by atoms with van der Waals surface area (Å²) < 4.78 is 5.85. The first kappa shape index (κ1) is 16.8. The molecule has 2 heterocycles. The molecule has 0 N–H and O–H groups in total. The van der Waals surface area contributed by atoms with E-state index in [9.17, 15) is 4.79 Å². The van der Waals surface area contributed by atoms with E-state index in [0.29, 0.717) is 23.7 Å². The van der Waals surface area contributed by atoms with Crippen molar-refractivity contribution in [2.75, 3.05) is 19.7 Å². The summed E-state index contributed by atoms with van der Waals surface area (Å²) >= 11 is 0. The maximum atomic E-state index is 12.6. The number of carbonyl (C=O) groups excluding carboxylic acids is 1. The van der Waals surface area contributed by atoms with Crippen LogP contribution >= 0.6 is 0 Å². The molecule has 2 aliphatic heterocycles. The van der Waals surface area contributed by atoms with E-state index < -0.39 is 0 Å². The fourth-order valence-electron chi connectivity index (χ4n) is 4.07. The van der Waals surface area contributed by atoms with Crippen molar-refractivity contribution in [1.82, 2.24) is 4.90 Å². The molecule has 2 fully saturated rings. The van der Waals surface area contributed by atoms with Crippen LogP contribution < -0.4 is 0 Å². The molecular weight excluding hydrogens is 262 g/mol. The van der Waals surface area contributed by atoms with Gasteiger partial charge in [-0.1, -0.05) is 13.8 Å². The van der Waals surface area contributed by atoms with E-state index in [2.05, 4.69) is 32.6 Å². The van der Waals surface area contributed by atoms with Crippen LogP contribution in [-0.4, -0.2) is 36.1 Å². The van der Waals surface area contributed by atoms with Crippen LogP contribution in [0.1, 0.15) is 66.2 Å². The van der Waals surface area contributed by atoms with Crippen LogP contribution in [0.15, 0.2) is 0 Å². The highest BCUT2D eigenvalue weighted by Crippen LogP contribution is 2.38. The normalized spacial score (nSPS) is 27.7. The fourth-order valence-corrected chi connectivity index (χ4v) is 4.07. The summed E-state index contributed by atoms with van der Waals surface area (Å²) in [5.74, 6) is 2.08. The first-order valence-electron chi connectivity index (χ1n) is 8.81. The van der Waals surface area contributed by atoms with Crippen molar-refractivity contribution >= 4 is 5.91 Å². The molecule has 3 heteroatoms. The molecule has 0 aromatic carbocycles. The Balaban J connectivity index is 1.96. The Morgan fingerprint density at radius 3 is 2.48 bits per heavy atom. The number of amides is 1. The summed E-state index contributed by atoms with van der Waals surface area (Å²) in [7, 11) is 0. The summed E-state index contributed by atoms with van der Waals surface area (Å²) in [5.41, 5.74) is -0.0236. The van der Waals surface area contributed by atoms with Crippen LogP contribution in [0.3, 0.4) is 0 Å². The molecule has 0 spiro atoms. The van der Waals surface area contributed by atoms with E-state index >= 15 is 0 Å². The van der Waals surface area contributed by atoms with Gasteiger partial charge in [0.05, 0.1) is 5.60 Å². The zero-order chi connectivity index (χ0) is 15.5. The number of piperidine rings is 1. The lowest BCUT2D eigenvalue weighted by Gasteiger charge is -2.41. The molecule has 3 nitrogen and oxygen atoms in total. The van der Waals surface area contributed by atoms with Gasteiger partial charge in [-0.25, -0.2) is 0 Å². The van der Waals surface area contributed by atoms with E-state index in [0.717, 1.165) is 39.0 Å².